The molecule has 3 atom stereocenters. The van der Waals surface area contributed by atoms with Gasteiger partial charge >= 0.3 is 0 Å². The quantitative estimate of drug-likeness (QED) is 0.860. The second-order valence-corrected chi connectivity index (χ2v) is 7.03. The van der Waals surface area contributed by atoms with Crippen molar-refractivity contribution in [2.75, 3.05) is 20.8 Å². The maximum absolute atomic E-state index is 11.4. The van der Waals surface area contributed by atoms with Crippen molar-refractivity contribution in [3.8, 4) is 5.75 Å². The van der Waals surface area contributed by atoms with E-state index >= 15 is 0 Å². The van der Waals surface area contributed by atoms with E-state index in [9.17, 15) is 10.2 Å². The van der Waals surface area contributed by atoms with Crippen LogP contribution < -0.4 is 4.74 Å². The van der Waals surface area contributed by atoms with Gasteiger partial charge in [-0.3, -0.25) is 0 Å². The number of benzene rings is 1. The Morgan fingerprint density at radius 2 is 1.92 bits per heavy atom. The second-order valence-electron chi connectivity index (χ2n) is 7.03. The number of aliphatic hydroxyl groups is 2. The average Bonchev–Trinajstić information content (AvgIpc) is 2.79. The second kappa shape index (κ2) is 7.63. The van der Waals surface area contributed by atoms with Crippen molar-refractivity contribution in [2.45, 2.75) is 43.6 Å². The van der Waals surface area contributed by atoms with Crippen LogP contribution in [0.25, 0.3) is 0 Å². The monoisotopic (exact) mass is 344 g/mol. The topological polar surface area (TPSA) is 58.9 Å². The predicted octanol–water partition coefficient (Wildman–Crippen LogP) is 3.34. The van der Waals surface area contributed by atoms with Crippen molar-refractivity contribution in [3.63, 3.8) is 0 Å². The Kier molecular flexibility index (Phi) is 5.50. The lowest BCUT2D eigenvalue weighted by atomic mass is 9.66. The van der Waals surface area contributed by atoms with Gasteiger partial charge in [-0.2, -0.15) is 0 Å². The number of aliphatic hydroxyl groups excluding tert-OH is 2. The molecular formula is C21H28O4. The number of methoxy groups -OCH3 is 2. The molecule has 136 valence electrons. The number of hydrogen-bond acceptors (Lipinski definition) is 4. The molecule has 0 amide bonds. The smallest absolute Gasteiger partial charge is 0.118 e. The Bertz CT molecular complexity index is 646. The van der Waals surface area contributed by atoms with Gasteiger partial charge in [-0.05, 0) is 62.0 Å². The molecule has 2 N–H and O–H groups in total. The van der Waals surface area contributed by atoms with Crippen LogP contribution in [0.4, 0.5) is 0 Å². The summed E-state index contributed by atoms with van der Waals surface area (Å²) in [6, 6.07) is 7.94. The van der Waals surface area contributed by atoms with Crippen molar-refractivity contribution in [3.05, 3.63) is 53.3 Å². The summed E-state index contributed by atoms with van der Waals surface area (Å²) in [4.78, 5) is 0. The van der Waals surface area contributed by atoms with Gasteiger partial charge in [-0.25, -0.2) is 0 Å². The highest BCUT2D eigenvalue weighted by atomic mass is 16.5. The average molecular weight is 344 g/mol. The Morgan fingerprint density at radius 1 is 1.16 bits per heavy atom. The number of fused-ring (bicyclic) bond motifs is 1. The zero-order chi connectivity index (χ0) is 17.9. The lowest BCUT2D eigenvalue weighted by molar-refractivity contribution is 0.0260. The van der Waals surface area contributed by atoms with Crippen LogP contribution in [-0.2, 0) is 10.2 Å². The molecule has 1 aromatic rings. The first-order chi connectivity index (χ1) is 12.1. The van der Waals surface area contributed by atoms with Crippen LogP contribution in [0.1, 0.15) is 37.7 Å². The molecule has 4 heteroatoms. The molecule has 1 saturated carbocycles. The highest BCUT2D eigenvalue weighted by Gasteiger charge is 2.45. The normalized spacial score (nSPS) is 29.1. The third-order valence-corrected chi connectivity index (χ3v) is 5.87. The summed E-state index contributed by atoms with van der Waals surface area (Å²) in [6.07, 6.45) is 7.76. The van der Waals surface area contributed by atoms with Gasteiger partial charge in [-0.1, -0.05) is 17.7 Å². The largest absolute Gasteiger partial charge is 0.497 e. The Hall–Kier alpha value is -1.78. The van der Waals surface area contributed by atoms with E-state index in [-0.39, 0.29) is 12.5 Å². The zero-order valence-corrected chi connectivity index (χ0v) is 15.1. The van der Waals surface area contributed by atoms with E-state index in [1.165, 1.54) is 5.57 Å². The maximum Gasteiger partial charge on any atom is 0.118 e. The summed E-state index contributed by atoms with van der Waals surface area (Å²) < 4.78 is 10.6. The highest BCUT2D eigenvalue weighted by molar-refractivity contribution is 5.37. The van der Waals surface area contributed by atoms with Gasteiger partial charge in [0.2, 0.25) is 0 Å². The van der Waals surface area contributed by atoms with Crippen molar-refractivity contribution >= 4 is 0 Å². The fraction of sp³-hybridized carbons (Fsp3) is 0.524. The fourth-order valence-corrected chi connectivity index (χ4v) is 4.47. The standard InChI is InChI=1S/C21H28O4/c1-24-17-7-5-16(6-8-17)21(12-13-22)11-3-4-15-14-18(25-2)9-10-19(15)20(21)23/h5-9,14,19-20,22-23H,3-4,10-13H2,1-2H3. The molecule has 1 aromatic carbocycles. The van der Waals surface area contributed by atoms with Crippen LogP contribution in [0.5, 0.6) is 5.75 Å². The molecule has 3 unspecified atom stereocenters. The summed E-state index contributed by atoms with van der Waals surface area (Å²) in [7, 11) is 3.33. The lowest BCUT2D eigenvalue weighted by Gasteiger charge is -2.41. The van der Waals surface area contributed by atoms with Gasteiger partial charge in [0.25, 0.3) is 0 Å². The number of allylic oxidation sites excluding steroid dienone is 2. The molecule has 3 rings (SSSR count). The Balaban J connectivity index is 1.98. The SMILES string of the molecule is COC1=CCC2C(=C1)CCCC(CCO)(c1ccc(OC)cc1)C2O. The number of ether oxygens (including phenoxy) is 2. The van der Waals surface area contributed by atoms with Crippen LogP contribution in [0.15, 0.2) is 47.7 Å². The molecule has 4 nitrogen and oxygen atoms in total. The highest BCUT2D eigenvalue weighted by Crippen LogP contribution is 2.47. The molecule has 0 bridgehead atoms. The van der Waals surface area contributed by atoms with Crippen LogP contribution >= 0.6 is 0 Å². The maximum atomic E-state index is 11.4. The minimum Gasteiger partial charge on any atom is -0.497 e. The van der Waals surface area contributed by atoms with E-state index in [1.807, 2.05) is 24.3 Å². The Morgan fingerprint density at radius 3 is 2.56 bits per heavy atom. The minimum absolute atomic E-state index is 0.0635. The van der Waals surface area contributed by atoms with Gasteiger partial charge in [0.05, 0.1) is 20.3 Å². The minimum atomic E-state index is -0.531. The predicted molar refractivity (Wildman–Crippen MR) is 97.5 cm³/mol. The molecule has 0 radical (unpaired) electrons. The first kappa shape index (κ1) is 18.0. The van der Waals surface area contributed by atoms with Crippen LogP contribution in [0.2, 0.25) is 0 Å². The van der Waals surface area contributed by atoms with E-state index in [2.05, 4.69) is 12.2 Å². The van der Waals surface area contributed by atoms with Gasteiger partial charge in [0.1, 0.15) is 11.5 Å². The summed E-state index contributed by atoms with van der Waals surface area (Å²) in [5, 5.41) is 21.2. The molecule has 0 saturated heterocycles. The van der Waals surface area contributed by atoms with Crippen LogP contribution in [-0.4, -0.2) is 37.1 Å². The van der Waals surface area contributed by atoms with E-state index in [0.717, 1.165) is 42.8 Å². The fourth-order valence-electron chi connectivity index (χ4n) is 4.47. The summed E-state index contributed by atoms with van der Waals surface area (Å²) >= 11 is 0. The number of hydrogen-bond donors (Lipinski definition) is 2. The molecule has 0 aromatic heterocycles. The van der Waals surface area contributed by atoms with Crippen molar-refractivity contribution in [1.82, 2.24) is 0 Å². The van der Waals surface area contributed by atoms with Crippen LogP contribution in [0.3, 0.4) is 0 Å². The third-order valence-electron chi connectivity index (χ3n) is 5.87. The molecule has 0 spiro atoms. The number of rotatable bonds is 5. The van der Waals surface area contributed by atoms with Crippen molar-refractivity contribution in [2.24, 2.45) is 5.92 Å². The summed E-state index contributed by atoms with van der Waals surface area (Å²) in [5.41, 5.74) is 1.91. The van der Waals surface area contributed by atoms with Gasteiger partial charge in [0.15, 0.2) is 0 Å². The lowest BCUT2D eigenvalue weighted by Crippen LogP contribution is -2.44. The van der Waals surface area contributed by atoms with E-state index in [1.54, 1.807) is 14.2 Å². The molecule has 1 fully saturated rings. The molecule has 0 heterocycles. The van der Waals surface area contributed by atoms with Gasteiger partial charge in [0, 0.05) is 17.9 Å². The van der Waals surface area contributed by atoms with Crippen molar-refractivity contribution in [1.29, 1.82) is 0 Å². The third kappa shape index (κ3) is 3.33. The van der Waals surface area contributed by atoms with Gasteiger partial charge in [-0.15, -0.1) is 0 Å². The summed E-state index contributed by atoms with van der Waals surface area (Å²) in [6.45, 7) is 0.0635. The molecular weight excluding hydrogens is 316 g/mol. The Labute approximate surface area is 149 Å². The molecule has 2 aliphatic carbocycles. The van der Waals surface area contributed by atoms with E-state index < -0.39 is 11.5 Å². The van der Waals surface area contributed by atoms with Crippen molar-refractivity contribution < 1.29 is 19.7 Å². The van der Waals surface area contributed by atoms with Gasteiger partial charge < -0.3 is 19.7 Å². The molecule has 25 heavy (non-hydrogen) atoms. The van der Waals surface area contributed by atoms with E-state index in [0.29, 0.717) is 6.42 Å². The molecule has 2 aliphatic rings. The summed E-state index contributed by atoms with van der Waals surface area (Å²) in [5.74, 6) is 1.77. The molecule has 0 aliphatic heterocycles. The van der Waals surface area contributed by atoms with Crippen LogP contribution in [0, 0.1) is 5.92 Å². The zero-order valence-electron chi connectivity index (χ0n) is 15.1. The first-order valence-corrected chi connectivity index (χ1v) is 9.02. The van der Waals surface area contributed by atoms with E-state index in [4.69, 9.17) is 9.47 Å². The first-order valence-electron chi connectivity index (χ1n) is 9.02.